The van der Waals surface area contributed by atoms with E-state index in [1.807, 2.05) is 6.92 Å². The van der Waals surface area contributed by atoms with E-state index in [4.69, 9.17) is 14.2 Å². The molecule has 0 saturated heterocycles. The van der Waals surface area contributed by atoms with Gasteiger partial charge in [-0.2, -0.15) is 5.10 Å². The minimum atomic E-state index is -0.579. The van der Waals surface area contributed by atoms with Crippen LogP contribution >= 0.6 is 0 Å². The standard InChI is InChI=1S/C18H19N3O6/c1-3-26-16-9-8-13(10-17(16)25-2)11-19-20-18(22)12-27-15-7-5-4-6-14(15)21(23)24/h4-11H,3,12H2,1-2H3,(H,20,22). The molecule has 0 heterocycles. The fraction of sp³-hybridized carbons (Fsp3) is 0.222. The molecule has 0 atom stereocenters. The smallest absolute Gasteiger partial charge is 0.310 e. The molecule has 0 radical (unpaired) electrons. The van der Waals surface area contributed by atoms with Gasteiger partial charge < -0.3 is 14.2 Å². The number of methoxy groups -OCH3 is 1. The van der Waals surface area contributed by atoms with E-state index >= 15 is 0 Å². The van der Waals surface area contributed by atoms with Gasteiger partial charge in [0.25, 0.3) is 5.91 Å². The van der Waals surface area contributed by atoms with Crippen LogP contribution in [0.3, 0.4) is 0 Å². The number of hydrazone groups is 1. The number of carbonyl (C=O) groups excluding carboxylic acids is 1. The first kappa shape index (κ1) is 19.7. The molecule has 9 heteroatoms. The van der Waals surface area contributed by atoms with Crippen LogP contribution in [0.1, 0.15) is 12.5 Å². The number of hydrogen-bond donors (Lipinski definition) is 1. The van der Waals surface area contributed by atoms with Gasteiger partial charge in [0.15, 0.2) is 23.9 Å². The van der Waals surface area contributed by atoms with Crippen LogP contribution in [0.4, 0.5) is 5.69 Å². The van der Waals surface area contributed by atoms with Gasteiger partial charge >= 0.3 is 5.69 Å². The lowest BCUT2D eigenvalue weighted by atomic mass is 10.2. The van der Waals surface area contributed by atoms with E-state index in [9.17, 15) is 14.9 Å². The zero-order chi connectivity index (χ0) is 19.6. The summed E-state index contributed by atoms with van der Waals surface area (Å²) in [5.41, 5.74) is 2.77. The topological polar surface area (TPSA) is 112 Å². The molecule has 27 heavy (non-hydrogen) atoms. The zero-order valence-electron chi connectivity index (χ0n) is 14.9. The number of ether oxygens (including phenoxy) is 3. The average Bonchev–Trinajstić information content (AvgIpc) is 2.67. The summed E-state index contributed by atoms with van der Waals surface area (Å²) in [6.07, 6.45) is 1.43. The molecule has 0 aliphatic rings. The number of carbonyl (C=O) groups is 1. The Balaban J connectivity index is 1.91. The molecule has 2 rings (SSSR count). The second-order valence-corrected chi connectivity index (χ2v) is 5.15. The lowest BCUT2D eigenvalue weighted by Crippen LogP contribution is -2.24. The van der Waals surface area contributed by atoms with E-state index in [1.165, 1.54) is 31.5 Å². The molecule has 0 fully saturated rings. The van der Waals surface area contributed by atoms with Gasteiger partial charge in [-0.25, -0.2) is 5.43 Å². The summed E-state index contributed by atoms with van der Waals surface area (Å²) in [6, 6.07) is 11.0. The molecule has 0 aliphatic carbocycles. The molecule has 2 aromatic carbocycles. The fourth-order valence-electron chi connectivity index (χ4n) is 2.12. The highest BCUT2D eigenvalue weighted by Gasteiger charge is 2.14. The van der Waals surface area contributed by atoms with Crippen LogP contribution in [0.5, 0.6) is 17.2 Å². The van der Waals surface area contributed by atoms with E-state index in [2.05, 4.69) is 10.5 Å². The minimum absolute atomic E-state index is 0.0119. The lowest BCUT2D eigenvalue weighted by molar-refractivity contribution is -0.385. The average molecular weight is 373 g/mol. The van der Waals surface area contributed by atoms with Crippen LogP contribution in [-0.4, -0.2) is 37.4 Å². The maximum Gasteiger partial charge on any atom is 0.310 e. The number of amides is 1. The summed E-state index contributed by atoms with van der Waals surface area (Å²) in [5, 5.41) is 14.7. The van der Waals surface area contributed by atoms with Crippen LogP contribution in [0.15, 0.2) is 47.6 Å². The third-order valence-corrected chi connectivity index (χ3v) is 3.31. The molecule has 2 aromatic rings. The number of nitrogens with one attached hydrogen (secondary N) is 1. The minimum Gasteiger partial charge on any atom is -0.493 e. The first-order chi connectivity index (χ1) is 13.0. The van der Waals surface area contributed by atoms with E-state index < -0.39 is 17.4 Å². The maximum atomic E-state index is 11.8. The second-order valence-electron chi connectivity index (χ2n) is 5.15. The second kappa shape index (κ2) is 9.76. The summed E-state index contributed by atoms with van der Waals surface area (Å²) in [5.74, 6) is 0.617. The number of nitro groups is 1. The molecular weight excluding hydrogens is 354 g/mol. The quantitative estimate of drug-likeness (QED) is 0.411. The Kier molecular flexibility index (Phi) is 7.12. The summed E-state index contributed by atoms with van der Waals surface area (Å²) in [7, 11) is 1.53. The molecule has 0 bridgehead atoms. The van der Waals surface area contributed by atoms with Crippen molar-refractivity contribution < 1.29 is 23.9 Å². The summed E-state index contributed by atoms with van der Waals surface area (Å²) in [4.78, 5) is 22.1. The molecule has 0 spiro atoms. The van der Waals surface area contributed by atoms with E-state index in [0.717, 1.165) is 0 Å². The van der Waals surface area contributed by atoms with Gasteiger partial charge in [0.2, 0.25) is 0 Å². The van der Waals surface area contributed by atoms with Crippen LogP contribution < -0.4 is 19.6 Å². The van der Waals surface area contributed by atoms with Gasteiger partial charge in [-0.15, -0.1) is 0 Å². The SMILES string of the molecule is CCOc1ccc(C=NNC(=O)COc2ccccc2[N+](=O)[O-])cc1OC. The number of nitro benzene ring substituents is 1. The Morgan fingerprint density at radius 2 is 1.96 bits per heavy atom. The predicted octanol–water partition coefficient (Wildman–Crippen LogP) is 2.53. The first-order valence-electron chi connectivity index (χ1n) is 8.04. The van der Waals surface area contributed by atoms with Crippen molar-refractivity contribution in [1.29, 1.82) is 0 Å². The highest BCUT2D eigenvalue weighted by atomic mass is 16.6. The summed E-state index contributed by atoms with van der Waals surface area (Å²) in [6.45, 7) is 1.98. The maximum absolute atomic E-state index is 11.8. The highest BCUT2D eigenvalue weighted by Crippen LogP contribution is 2.27. The lowest BCUT2D eigenvalue weighted by Gasteiger charge is -2.09. The fourth-order valence-corrected chi connectivity index (χ4v) is 2.12. The first-order valence-corrected chi connectivity index (χ1v) is 8.04. The Morgan fingerprint density at radius 1 is 1.19 bits per heavy atom. The van der Waals surface area contributed by atoms with Crippen molar-refractivity contribution in [2.75, 3.05) is 20.3 Å². The van der Waals surface area contributed by atoms with Crippen molar-refractivity contribution >= 4 is 17.8 Å². The Labute approximate surface area is 155 Å². The number of hydrogen-bond acceptors (Lipinski definition) is 7. The van der Waals surface area contributed by atoms with Gasteiger partial charge in [-0.3, -0.25) is 14.9 Å². The van der Waals surface area contributed by atoms with Crippen LogP contribution in [0.25, 0.3) is 0 Å². The van der Waals surface area contributed by atoms with Gasteiger partial charge in [0.1, 0.15) is 0 Å². The third-order valence-electron chi connectivity index (χ3n) is 3.31. The predicted molar refractivity (Wildman–Crippen MR) is 98.5 cm³/mol. The number of nitrogens with zero attached hydrogens (tertiary/aromatic N) is 2. The number of para-hydroxylation sites is 2. The monoisotopic (exact) mass is 373 g/mol. The molecule has 0 aromatic heterocycles. The number of rotatable bonds is 9. The van der Waals surface area contributed by atoms with Crippen molar-refractivity contribution in [2.45, 2.75) is 6.92 Å². The Morgan fingerprint density at radius 3 is 2.67 bits per heavy atom. The molecule has 142 valence electrons. The van der Waals surface area contributed by atoms with Gasteiger partial charge in [0, 0.05) is 6.07 Å². The van der Waals surface area contributed by atoms with E-state index in [1.54, 1.807) is 24.3 Å². The Hall–Kier alpha value is -3.62. The van der Waals surface area contributed by atoms with Gasteiger partial charge in [-0.1, -0.05) is 12.1 Å². The van der Waals surface area contributed by atoms with Crippen LogP contribution in [0.2, 0.25) is 0 Å². The molecule has 9 nitrogen and oxygen atoms in total. The molecular formula is C18H19N3O6. The summed E-state index contributed by atoms with van der Waals surface area (Å²) < 4.78 is 15.8. The van der Waals surface area contributed by atoms with Crippen LogP contribution in [0, 0.1) is 10.1 Å². The summed E-state index contributed by atoms with van der Waals surface area (Å²) >= 11 is 0. The Bertz CT molecular complexity index is 838. The van der Waals surface area contributed by atoms with Crippen molar-refractivity contribution in [3.05, 3.63) is 58.1 Å². The normalized spacial score (nSPS) is 10.4. The molecule has 0 unspecified atom stereocenters. The van der Waals surface area contributed by atoms with Crippen LogP contribution in [-0.2, 0) is 4.79 Å². The van der Waals surface area contributed by atoms with Gasteiger partial charge in [-0.05, 0) is 36.8 Å². The molecule has 1 amide bonds. The molecule has 0 aliphatic heterocycles. The van der Waals surface area contributed by atoms with Gasteiger partial charge in [0.05, 0.1) is 24.9 Å². The number of benzene rings is 2. The third kappa shape index (κ3) is 5.70. The van der Waals surface area contributed by atoms with Crippen molar-refractivity contribution in [2.24, 2.45) is 5.10 Å². The van der Waals surface area contributed by atoms with Crippen molar-refractivity contribution in [3.63, 3.8) is 0 Å². The molecule has 0 saturated carbocycles. The zero-order valence-corrected chi connectivity index (χ0v) is 14.9. The highest BCUT2D eigenvalue weighted by molar-refractivity contribution is 5.83. The molecule has 1 N–H and O–H groups in total. The van der Waals surface area contributed by atoms with Crippen molar-refractivity contribution in [3.8, 4) is 17.2 Å². The largest absolute Gasteiger partial charge is 0.493 e. The van der Waals surface area contributed by atoms with E-state index in [-0.39, 0.29) is 11.4 Å². The van der Waals surface area contributed by atoms with E-state index in [0.29, 0.717) is 23.7 Å². The van der Waals surface area contributed by atoms with Crippen molar-refractivity contribution in [1.82, 2.24) is 5.43 Å².